The molecule has 0 spiro atoms. The fourth-order valence-electron chi connectivity index (χ4n) is 1.88. The molecule has 0 radical (unpaired) electrons. The number of hydrogen-bond donors (Lipinski definition) is 0. The molecule has 0 saturated carbocycles. The molecule has 0 saturated heterocycles. The van der Waals surface area contributed by atoms with E-state index in [4.69, 9.17) is 9.47 Å². The van der Waals surface area contributed by atoms with Crippen LogP contribution in [0, 0.1) is 0 Å². The molecule has 0 bridgehead atoms. The Balaban J connectivity index is 2.84. The second kappa shape index (κ2) is 9.93. The summed E-state index contributed by atoms with van der Waals surface area (Å²) in [4.78, 5) is 13.7. The number of likely N-dealkylation sites (N-methyl/N-ethyl adjacent to an activating group) is 1. The van der Waals surface area contributed by atoms with Gasteiger partial charge in [0.15, 0.2) is 11.5 Å². The largest absolute Gasteiger partial charge is 0.490 e. The molecular weight excluding hydrogens is 290 g/mol. The molecule has 1 rings (SSSR count). The normalized spacial score (nSPS) is 11.0. The van der Waals surface area contributed by atoms with Crippen LogP contribution in [0.5, 0.6) is 11.5 Å². The second-order valence-corrected chi connectivity index (χ2v) is 5.72. The highest BCUT2D eigenvalue weighted by molar-refractivity contribution is 5.91. The fourth-order valence-corrected chi connectivity index (χ4v) is 1.88. The van der Waals surface area contributed by atoms with Crippen molar-refractivity contribution in [2.45, 2.75) is 46.6 Å². The topological polar surface area (TPSA) is 38.8 Å². The van der Waals surface area contributed by atoms with Crippen molar-refractivity contribution in [1.82, 2.24) is 4.90 Å². The Morgan fingerprint density at radius 3 is 2.57 bits per heavy atom. The summed E-state index contributed by atoms with van der Waals surface area (Å²) in [5.41, 5.74) is 0.918. The molecule has 0 aliphatic rings. The van der Waals surface area contributed by atoms with E-state index in [2.05, 4.69) is 6.92 Å². The molecule has 0 fully saturated rings. The first-order valence-electron chi connectivity index (χ1n) is 8.34. The van der Waals surface area contributed by atoms with Gasteiger partial charge in [0.25, 0.3) is 0 Å². The van der Waals surface area contributed by atoms with Crippen LogP contribution in [-0.4, -0.2) is 37.1 Å². The van der Waals surface area contributed by atoms with Crippen LogP contribution in [0.3, 0.4) is 0 Å². The van der Waals surface area contributed by atoms with E-state index in [0.717, 1.165) is 29.9 Å². The minimum Gasteiger partial charge on any atom is -0.490 e. The Morgan fingerprint density at radius 1 is 1.22 bits per heavy atom. The minimum atomic E-state index is -0.0127. The van der Waals surface area contributed by atoms with Gasteiger partial charge in [-0.2, -0.15) is 0 Å². The lowest BCUT2D eigenvalue weighted by molar-refractivity contribution is -0.126. The van der Waals surface area contributed by atoms with Crippen LogP contribution in [-0.2, 0) is 4.79 Å². The summed E-state index contributed by atoms with van der Waals surface area (Å²) >= 11 is 0. The molecule has 128 valence electrons. The summed E-state index contributed by atoms with van der Waals surface area (Å²) in [6.45, 7) is 9.31. The lowest BCUT2D eigenvalue weighted by Gasteiger charge is -2.19. The zero-order chi connectivity index (χ0) is 17.2. The SMILES string of the molecule is CCCCOc1ccc(/C=C/C(=O)N(C)C(C)C)cc1OCC. The van der Waals surface area contributed by atoms with Gasteiger partial charge in [0.1, 0.15) is 0 Å². The minimum absolute atomic E-state index is 0.0127. The third-order valence-corrected chi connectivity index (χ3v) is 3.56. The Hall–Kier alpha value is -1.97. The van der Waals surface area contributed by atoms with Crippen LogP contribution in [0.15, 0.2) is 24.3 Å². The van der Waals surface area contributed by atoms with Gasteiger partial charge in [0.05, 0.1) is 13.2 Å². The number of hydrogen-bond acceptors (Lipinski definition) is 3. The molecule has 0 N–H and O–H groups in total. The summed E-state index contributed by atoms with van der Waals surface area (Å²) in [5.74, 6) is 1.46. The Labute approximate surface area is 140 Å². The number of carbonyl (C=O) groups excluding carboxylic acids is 1. The molecule has 0 aliphatic carbocycles. The molecular formula is C19H29NO3. The molecule has 23 heavy (non-hydrogen) atoms. The van der Waals surface area contributed by atoms with Crippen LogP contribution in [0.25, 0.3) is 6.08 Å². The average Bonchev–Trinajstić information content (AvgIpc) is 2.53. The van der Waals surface area contributed by atoms with Crippen molar-refractivity contribution in [3.8, 4) is 11.5 Å². The van der Waals surface area contributed by atoms with Crippen LogP contribution in [0.1, 0.15) is 46.1 Å². The summed E-state index contributed by atoms with van der Waals surface area (Å²) < 4.78 is 11.4. The molecule has 0 aromatic heterocycles. The number of carbonyl (C=O) groups is 1. The molecule has 1 aromatic carbocycles. The Bertz CT molecular complexity index is 523. The summed E-state index contributed by atoms with van der Waals surface area (Å²) in [6.07, 6.45) is 5.50. The van der Waals surface area contributed by atoms with Crippen molar-refractivity contribution in [3.05, 3.63) is 29.8 Å². The maximum absolute atomic E-state index is 12.0. The number of nitrogens with zero attached hydrogens (tertiary/aromatic N) is 1. The van der Waals surface area contributed by atoms with Gasteiger partial charge in [-0.3, -0.25) is 4.79 Å². The predicted molar refractivity (Wildman–Crippen MR) is 95.0 cm³/mol. The highest BCUT2D eigenvalue weighted by atomic mass is 16.5. The van der Waals surface area contributed by atoms with Gasteiger partial charge in [0.2, 0.25) is 5.91 Å². The first-order valence-corrected chi connectivity index (χ1v) is 8.34. The van der Waals surface area contributed by atoms with Crippen LogP contribution in [0.2, 0.25) is 0 Å². The quantitative estimate of drug-likeness (QED) is 0.507. The van der Waals surface area contributed by atoms with Crippen molar-refractivity contribution in [3.63, 3.8) is 0 Å². The van der Waals surface area contributed by atoms with Gasteiger partial charge in [-0.05, 0) is 51.0 Å². The number of ether oxygens (including phenoxy) is 2. The van der Waals surface area contributed by atoms with E-state index < -0.39 is 0 Å². The Kier molecular flexibility index (Phi) is 8.23. The maximum atomic E-state index is 12.0. The molecule has 0 aliphatic heterocycles. The van der Waals surface area contributed by atoms with Crippen molar-refractivity contribution in [1.29, 1.82) is 0 Å². The molecule has 4 heteroatoms. The lowest BCUT2D eigenvalue weighted by atomic mass is 10.2. The number of amides is 1. The van der Waals surface area contributed by atoms with Gasteiger partial charge in [-0.25, -0.2) is 0 Å². The monoisotopic (exact) mass is 319 g/mol. The van der Waals surface area contributed by atoms with Crippen LogP contribution in [0.4, 0.5) is 0 Å². The number of benzene rings is 1. The third kappa shape index (κ3) is 6.35. The molecule has 0 atom stereocenters. The van der Waals surface area contributed by atoms with Crippen molar-refractivity contribution in [2.75, 3.05) is 20.3 Å². The lowest BCUT2D eigenvalue weighted by Crippen LogP contribution is -2.31. The molecule has 1 amide bonds. The number of unbranched alkanes of at least 4 members (excludes halogenated alkanes) is 1. The standard InChI is InChI=1S/C19H29NO3/c1-6-8-13-23-17-11-9-16(14-18(17)22-7-2)10-12-19(21)20(5)15(3)4/h9-12,14-15H,6-8,13H2,1-5H3/b12-10+. The third-order valence-electron chi connectivity index (χ3n) is 3.56. The predicted octanol–water partition coefficient (Wildman–Crippen LogP) is 4.14. The van der Waals surface area contributed by atoms with E-state index in [1.165, 1.54) is 0 Å². The first kappa shape index (κ1) is 19.1. The average molecular weight is 319 g/mol. The summed E-state index contributed by atoms with van der Waals surface area (Å²) in [7, 11) is 1.80. The van der Waals surface area contributed by atoms with Crippen LogP contribution < -0.4 is 9.47 Å². The van der Waals surface area contributed by atoms with E-state index >= 15 is 0 Å². The van der Waals surface area contributed by atoms with E-state index in [1.807, 2.05) is 39.0 Å². The molecule has 4 nitrogen and oxygen atoms in total. The number of rotatable bonds is 9. The van der Waals surface area contributed by atoms with E-state index in [0.29, 0.717) is 13.2 Å². The second-order valence-electron chi connectivity index (χ2n) is 5.72. The summed E-state index contributed by atoms with van der Waals surface area (Å²) in [6, 6.07) is 5.92. The van der Waals surface area contributed by atoms with Gasteiger partial charge in [0, 0.05) is 19.2 Å². The van der Waals surface area contributed by atoms with Gasteiger partial charge in [-0.15, -0.1) is 0 Å². The molecule has 1 aromatic rings. The van der Waals surface area contributed by atoms with E-state index in [-0.39, 0.29) is 11.9 Å². The zero-order valence-corrected chi connectivity index (χ0v) is 15.0. The Morgan fingerprint density at radius 2 is 1.96 bits per heavy atom. The highest BCUT2D eigenvalue weighted by Gasteiger charge is 2.09. The first-order chi connectivity index (χ1) is 11.0. The van der Waals surface area contributed by atoms with Crippen molar-refractivity contribution >= 4 is 12.0 Å². The van der Waals surface area contributed by atoms with Gasteiger partial charge >= 0.3 is 0 Å². The zero-order valence-electron chi connectivity index (χ0n) is 15.0. The highest BCUT2D eigenvalue weighted by Crippen LogP contribution is 2.29. The van der Waals surface area contributed by atoms with Crippen molar-refractivity contribution < 1.29 is 14.3 Å². The molecule has 0 unspecified atom stereocenters. The fraction of sp³-hybridized carbons (Fsp3) is 0.526. The van der Waals surface area contributed by atoms with Gasteiger partial charge < -0.3 is 14.4 Å². The van der Waals surface area contributed by atoms with E-state index in [1.54, 1.807) is 24.1 Å². The van der Waals surface area contributed by atoms with Crippen LogP contribution >= 0.6 is 0 Å². The smallest absolute Gasteiger partial charge is 0.246 e. The van der Waals surface area contributed by atoms with Crippen molar-refractivity contribution in [2.24, 2.45) is 0 Å². The summed E-state index contributed by atoms with van der Waals surface area (Å²) in [5, 5.41) is 0. The van der Waals surface area contributed by atoms with E-state index in [9.17, 15) is 4.79 Å². The molecule has 0 heterocycles. The van der Waals surface area contributed by atoms with Gasteiger partial charge in [-0.1, -0.05) is 19.4 Å². The maximum Gasteiger partial charge on any atom is 0.246 e.